The van der Waals surface area contributed by atoms with Crippen LogP contribution in [0.1, 0.15) is 0 Å². The monoisotopic (exact) mass is 208 g/mol. The summed E-state index contributed by atoms with van der Waals surface area (Å²) in [4.78, 5) is 9.01. The van der Waals surface area contributed by atoms with Gasteiger partial charge in [-0.25, -0.2) is 4.57 Å². The molecular weight excluding hydrogens is 198 g/mol. The van der Waals surface area contributed by atoms with Crippen molar-refractivity contribution in [2.75, 3.05) is 6.61 Å². The lowest BCUT2D eigenvalue weighted by Crippen LogP contribution is -2.31. The van der Waals surface area contributed by atoms with Gasteiger partial charge in [-0.1, -0.05) is 0 Å². The summed E-state index contributed by atoms with van der Waals surface area (Å²) < 4.78 is 25.8. The van der Waals surface area contributed by atoms with Gasteiger partial charge in [0.15, 0.2) is 0 Å². The minimum Gasteiger partial charge on any atom is -0.394 e. The zero-order valence-corrected chi connectivity index (χ0v) is 7.89. The van der Waals surface area contributed by atoms with Crippen LogP contribution in [0.5, 0.6) is 0 Å². The average molecular weight is 208 g/mol. The lowest BCUT2D eigenvalue weighted by Gasteiger charge is -2.13. The molecule has 0 saturated carbocycles. The molecule has 8 heteroatoms. The SMILES string of the molecule is BC1OC(CO)[C@H]2OP(=O)(O)OC12. The van der Waals surface area contributed by atoms with Crippen LogP contribution < -0.4 is 0 Å². The van der Waals surface area contributed by atoms with Gasteiger partial charge >= 0.3 is 7.82 Å². The molecule has 0 radical (unpaired) electrons. The number of fused-ring (bicyclic) bond motifs is 1. The Morgan fingerprint density at radius 1 is 1.38 bits per heavy atom. The summed E-state index contributed by atoms with van der Waals surface area (Å²) >= 11 is 0. The van der Waals surface area contributed by atoms with E-state index < -0.39 is 26.1 Å². The zero-order valence-electron chi connectivity index (χ0n) is 6.99. The van der Waals surface area contributed by atoms with E-state index in [0.29, 0.717) is 0 Å². The highest BCUT2D eigenvalue weighted by atomic mass is 31.2. The van der Waals surface area contributed by atoms with Crippen LogP contribution in [-0.2, 0) is 18.3 Å². The van der Waals surface area contributed by atoms with Crippen molar-refractivity contribution in [2.24, 2.45) is 0 Å². The molecule has 0 bridgehead atoms. The molecule has 6 nitrogen and oxygen atoms in total. The number of rotatable bonds is 1. The van der Waals surface area contributed by atoms with Crippen molar-refractivity contribution in [1.29, 1.82) is 0 Å². The first kappa shape index (κ1) is 9.64. The highest BCUT2D eigenvalue weighted by molar-refractivity contribution is 7.47. The first-order valence-corrected chi connectivity index (χ1v) is 5.49. The van der Waals surface area contributed by atoms with Gasteiger partial charge in [0, 0.05) is 0 Å². The van der Waals surface area contributed by atoms with Gasteiger partial charge in [-0.05, 0) is 0 Å². The lowest BCUT2D eigenvalue weighted by atomic mass is 9.93. The summed E-state index contributed by atoms with van der Waals surface area (Å²) in [5, 5.41) is 8.87. The van der Waals surface area contributed by atoms with E-state index >= 15 is 0 Å². The van der Waals surface area contributed by atoms with E-state index in [0.717, 1.165) is 0 Å². The molecule has 2 saturated heterocycles. The summed E-state index contributed by atoms with van der Waals surface area (Å²) in [6, 6.07) is -0.329. The van der Waals surface area contributed by atoms with Crippen LogP contribution in [0.2, 0.25) is 0 Å². The normalized spacial score (nSPS) is 55.2. The molecule has 2 heterocycles. The lowest BCUT2D eigenvalue weighted by molar-refractivity contribution is -0.00316. The van der Waals surface area contributed by atoms with E-state index in [1.807, 2.05) is 0 Å². The number of aliphatic hydroxyl groups is 1. The number of ether oxygens (including phenoxy) is 1. The van der Waals surface area contributed by atoms with Crippen LogP contribution >= 0.6 is 7.82 Å². The topological polar surface area (TPSA) is 85.2 Å². The summed E-state index contributed by atoms with van der Waals surface area (Å²) in [7, 11) is -2.19. The van der Waals surface area contributed by atoms with Crippen LogP contribution in [0, 0.1) is 0 Å². The van der Waals surface area contributed by atoms with Gasteiger partial charge in [0.05, 0.1) is 12.6 Å². The van der Waals surface area contributed by atoms with E-state index in [9.17, 15) is 4.57 Å². The Hall–Kier alpha value is 0.0949. The van der Waals surface area contributed by atoms with Gasteiger partial charge < -0.3 is 14.7 Å². The molecular formula is C5H10BO6P. The Balaban J connectivity index is 2.17. The molecule has 4 unspecified atom stereocenters. The van der Waals surface area contributed by atoms with E-state index in [1.54, 1.807) is 7.85 Å². The van der Waals surface area contributed by atoms with E-state index in [2.05, 4.69) is 0 Å². The summed E-state index contributed by atoms with van der Waals surface area (Å²) in [6.07, 6.45) is -1.74. The van der Waals surface area contributed by atoms with Crippen molar-refractivity contribution >= 4 is 15.7 Å². The first-order chi connectivity index (χ1) is 6.03. The Bertz CT molecular complexity index is 259. The van der Waals surface area contributed by atoms with E-state index in [4.69, 9.17) is 23.8 Å². The number of hydrogen-bond donors (Lipinski definition) is 2. The van der Waals surface area contributed by atoms with Gasteiger partial charge in [0.1, 0.15) is 26.2 Å². The van der Waals surface area contributed by atoms with Crippen molar-refractivity contribution in [3.05, 3.63) is 0 Å². The quantitative estimate of drug-likeness (QED) is 0.391. The molecule has 0 spiro atoms. The van der Waals surface area contributed by atoms with Gasteiger partial charge in [0.2, 0.25) is 0 Å². The van der Waals surface area contributed by atoms with Crippen molar-refractivity contribution in [1.82, 2.24) is 0 Å². The van der Waals surface area contributed by atoms with Crippen LogP contribution in [0.3, 0.4) is 0 Å². The van der Waals surface area contributed by atoms with Crippen molar-refractivity contribution in [3.63, 3.8) is 0 Å². The van der Waals surface area contributed by atoms with E-state index in [1.165, 1.54) is 0 Å². The van der Waals surface area contributed by atoms with Crippen molar-refractivity contribution < 1.29 is 28.3 Å². The first-order valence-electron chi connectivity index (χ1n) is 3.99. The minimum atomic E-state index is -3.90. The molecule has 0 aromatic rings. The van der Waals surface area contributed by atoms with Gasteiger partial charge in [-0.15, -0.1) is 0 Å². The Kier molecular flexibility index (Phi) is 2.26. The Morgan fingerprint density at radius 3 is 2.62 bits per heavy atom. The summed E-state index contributed by atoms with van der Waals surface area (Å²) in [5.74, 6) is 0. The smallest absolute Gasteiger partial charge is 0.394 e. The van der Waals surface area contributed by atoms with Crippen LogP contribution in [0.4, 0.5) is 0 Å². The minimum absolute atomic E-state index is 0.241. The molecule has 2 rings (SSSR count). The number of aliphatic hydroxyl groups excluding tert-OH is 1. The zero-order chi connectivity index (χ0) is 9.64. The maximum atomic E-state index is 11.0. The number of phosphoric ester groups is 1. The van der Waals surface area contributed by atoms with Crippen LogP contribution in [0.15, 0.2) is 0 Å². The summed E-state index contributed by atoms with van der Waals surface area (Å²) in [5.41, 5.74) is 0. The molecule has 13 heavy (non-hydrogen) atoms. The van der Waals surface area contributed by atoms with Gasteiger partial charge in [-0.3, -0.25) is 9.05 Å². The second-order valence-electron chi connectivity index (χ2n) is 3.17. The molecule has 0 amide bonds. The molecule has 2 aliphatic heterocycles. The molecule has 74 valence electrons. The third-order valence-electron chi connectivity index (χ3n) is 2.23. The highest BCUT2D eigenvalue weighted by Gasteiger charge is 2.55. The molecule has 0 aliphatic carbocycles. The maximum Gasteiger partial charge on any atom is 0.473 e. The average Bonchev–Trinajstić information content (AvgIpc) is 2.47. The third kappa shape index (κ3) is 1.56. The maximum absolute atomic E-state index is 11.0. The van der Waals surface area contributed by atoms with Gasteiger partial charge in [-0.2, -0.15) is 0 Å². The van der Waals surface area contributed by atoms with E-state index in [-0.39, 0.29) is 12.6 Å². The van der Waals surface area contributed by atoms with Crippen molar-refractivity contribution in [2.45, 2.75) is 24.3 Å². The largest absolute Gasteiger partial charge is 0.473 e. The molecule has 2 N–H and O–H groups in total. The third-order valence-corrected chi connectivity index (χ3v) is 3.25. The summed E-state index contributed by atoms with van der Waals surface area (Å²) in [6.45, 7) is -0.241. The second kappa shape index (κ2) is 3.05. The molecule has 2 aliphatic rings. The molecule has 0 aromatic carbocycles. The molecule has 0 aromatic heterocycles. The predicted octanol–water partition coefficient (Wildman–Crippen LogP) is -1.78. The highest BCUT2D eigenvalue weighted by Crippen LogP contribution is 2.56. The predicted molar refractivity (Wildman–Crippen MR) is 43.9 cm³/mol. The fraction of sp³-hybridized carbons (Fsp3) is 1.00. The van der Waals surface area contributed by atoms with Gasteiger partial charge in [0.25, 0.3) is 0 Å². The van der Waals surface area contributed by atoms with Crippen LogP contribution in [-0.4, -0.2) is 48.8 Å². The second-order valence-corrected chi connectivity index (χ2v) is 4.53. The van der Waals surface area contributed by atoms with Crippen LogP contribution in [0.25, 0.3) is 0 Å². The number of phosphoric acid groups is 1. The molecule has 5 atom stereocenters. The number of hydrogen-bond acceptors (Lipinski definition) is 5. The van der Waals surface area contributed by atoms with Crippen molar-refractivity contribution in [3.8, 4) is 0 Å². The molecule has 2 fully saturated rings. The fourth-order valence-corrected chi connectivity index (χ4v) is 2.87. The fourth-order valence-electron chi connectivity index (χ4n) is 1.66. The Labute approximate surface area is 75.8 Å². The Morgan fingerprint density at radius 2 is 2.00 bits per heavy atom. The standard InChI is InChI=1S/C5H10BO6P/c6-5-4-3(2(1-7)10-5)11-13(8,9)12-4/h2-5,7H,1,6H2,(H,8,9)/t2?,3-,4?,5?/m1/s1.